The molecule has 2 heterocycles. The highest BCUT2D eigenvalue weighted by Gasteiger charge is 2.24. The molecular weight excluding hydrogens is 362 g/mol. The lowest BCUT2D eigenvalue weighted by molar-refractivity contribution is 0.0619. The minimum absolute atomic E-state index is 0.126. The SMILES string of the molecule is CCCOc1ccc(CN2CCN(C(=O)c3cc4ccccc4n3C)CC2)cc1. The molecule has 5 heteroatoms. The lowest BCUT2D eigenvalue weighted by Gasteiger charge is -2.34. The summed E-state index contributed by atoms with van der Waals surface area (Å²) in [6, 6.07) is 18.5. The number of hydrogen-bond acceptors (Lipinski definition) is 3. The van der Waals surface area contributed by atoms with Crippen LogP contribution in [0.2, 0.25) is 0 Å². The molecule has 1 aliphatic heterocycles. The number of nitrogens with zero attached hydrogens (tertiary/aromatic N) is 3. The van der Waals surface area contributed by atoms with Gasteiger partial charge in [0.2, 0.25) is 0 Å². The minimum Gasteiger partial charge on any atom is -0.494 e. The van der Waals surface area contributed by atoms with Gasteiger partial charge in [0.1, 0.15) is 11.4 Å². The molecule has 0 saturated carbocycles. The van der Waals surface area contributed by atoms with Gasteiger partial charge in [-0.2, -0.15) is 0 Å². The van der Waals surface area contributed by atoms with E-state index in [1.165, 1.54) is 5.56 Å². The molecule has 152 valence electrons. The number of carbonyl (C=O) groups is 1. The molecule has 1 saturated heterocycles. The van der Waals surface area contributed by atoms with Crippen LogP contribution in [0, 0.1) is 0 Å². The minimum atomic E-state index is 0.126. The second-order valence-electron chi connectivity index (χ2n) is 7.71. The molecule has 2 aromatic carbocycles. The number of piperazine rings is 1. The molecule has 4 rings (SSSR count). The predicted octanol–water partition coefficient (Wildman–Crippen LogP) is 3.93. The highest BCUT2D eigenvalue weighted by Crippen LogP contribution is 2.21. The maximum atomic E-state index is 13.1. The van der Waals surface area contributed by atoms with Crippen LogP contribution in [0.5, 0.6) is 5.75 Å². The molecule has 0 radical (unpaired) electrons. The van der Waals surface area contributed by atoms with E-state index in [9.17, 15) is 4.79 Å². The number of hydrogen-bond donors (Lipinski definition) is 0. The maximum Gasteiger partial charge on any atom is 0.270 e. The lowest BCUT2D eigenvalue weighted by atomic mass is 10.2. The molecule has 5 nitrogen and oxygen atoms in total. The van der Waals surface area contributed by atoms with E-state index >= 15 is 0 Å². The molecular formula is C24H29N3O2. The second-order valence-corrected chi connectivity index (χ2v) is 7.71. The highest BCUT2D eigenvalue weighted by molar-refractivity contribution is 5.98. The molecule has 0 aliphatic carbocycles. The summed E-state index contributed by atoms with van der Waals surface area (Å²) in [6.45, 7) is 7.08. The van der Waals surface area contributed by atoms with Crippen LogP contribution >= 0.6 is 0 Å². The Morgan fingerprint density at radius 1 is 1.00 bits per heavy atom. The Kier molecular flexibility index (Phi) is 5.86. The topological polar surface area (TPSA) is 37.7 Å². The highest BCUT2D eigenvalue weighted by atomic mass is 16.5. The van der Waals surface area contributed by atoms with Crippen molar-refractivity contribution in [2.45, 2.75) is 19.9 Å². The van der Waals surface area contributed by atoms with E-state index in [0.29, 0.717) is 0 Å². The number of aryl methyl sites for hydroxylation is 1. The number of rotatable bonds is 6. The van der Waals surface area contributed by atoms with Crippen molar-refractivity contribution in [3.63, 3.8) is 0 Å². The Morgan fingerprint density at radius 2 is 1.72 bits per heavy atom. The van der Waals surface area contributed by atoms with Crippen molar-refractivity contribution in [2.75, 3.05) is 32.8 Å². The fourth-order valence-electron chi connectivity index (χ4n) is 3.93. The van der Waals surface area contributed by atoms with Gasteiger partial charge in [-0.3, -0.25) is 9.69 Å². The number of aromatic nitrogens is 1. The average molecular weight is 392 g/mol. The standard InChI is InChI=1S/C24H29N3O2/c1-3-16-29-21-10-8-19(9-11-21)18-26-12-14-27(15-13-26)24(28)23-17-20-6-4-5-7-22(20)25(23)2/h4-11,17H,3,12-16,18H2,1-2H3. The van der Waals surface area contributed by atoms with E-state index in [1.54, 1.807) is 0 Å². The van der Waals surface area contributed by atoms with Gasteiger partial charge >= 0.3 is 0 Å². The van der Waals surface area contributed by atoms with E-state index < -0.39 is 0 Å². The summed E-state index contributed by atoms with van der Waals surface area (Å²) in [5.41, 5.74) is 3.14. The van der Waals surface area contributed by atoms with Crippen molar-refractivity contribution in [3.8, 4) is 5.75 Å². The van der Waals surface area contributed by atoms with E-state index in [-0.39, 0.29) is 5.91 Å². The molecule has 29 heavy (non-hydrogen) atoms. The summed E-state index contributed by atoms with van der Waals surface area (Å²) in [7, 11) is 1.97. The molecule has 1 fully saturated rings. The molecule has 0 unspecified atom stereocenters. The molecule has 1 aliphatic rings. The van der Waals surface area contributed by atoms with Gasteiger partial charge in [-0.15, -0.1) is 0 Å². The fraction of sp³-hybridized carbons (Fsp3) is 0.375. The Balaban J connectivity index is 1.34. The number of ether oxygens (including phenoxy) is 1. The van der Waals surface area contributed by atoms with Gasteiger partial charge in [-0.1, -0.05) is 37.3 Å². The summed E-state index contributed by atoms with van der Waals surface area (Å²) >= 11 is 0. The monoisotopic (exact) mass is 391 g/mol. The van der Waals surface area contributed by atoms with Crippen molar-refractivity contribution >= 4 is 16.8 Å². The van der Waals surface area contributed by atoms with Crippen molar-refractivity contribution < 1.29 is 9.53 Å². The third kappa shape index (κ3) is 4.30. The first-order valence-corrected chi connectivity index (χ1v) is 10.4. The smallest absolute Gasteiger partial charge is 0.270 e. The van der Waals surface area contributed by atoms with E-state index in [2.05, 4.69) is 36.1 Å². The van der Waals surface area contributed by atoms with Gasteiger partial charge in [-0.05, 0) is 36.2 Å². The van der Waals surface area contributed by atoms with Gasteiger partial charge < -0.3 is 14.2 Å². The molecule has 0 N–H and O–H groups in total. The maximum absolute atomic E-state index is 13.1. The summed E-state index contributed by atoms with van der Waals surface area (Å²) in [5, 5.41) is 1.11. The normalized spacial score (nSPS) is 15.0. The molecule has 1 aromatic heterocycles. The number of amides is 1. The van der Waals surface area contributed by atoms with E-state index in [0.717, 1.165) is 68.1 Å². The van der Waals surface area contributed by atoms with E-state index in [4.69, 9.17) is 4.74 Å². The first-order chi connectivity index (χ1) is 14.2. The van der Waals surface area contributed by atoms with Crippen LogP contribution in [0.1, 0.15) is 29.4 Å². The zero-order valence-electron chi connectivity index (χ0n) is 17.3. The van der Waals surface area contributed by atoms with Crippen molar-refractivity contribution in [1.29, 1.82) is 0 Å². The number of carbonyl (C=O) groups excluding carboxylic acids is 1. The van der Waals surface area contributed by atoms with Crippen LogP contribution in [0.15, 0.2) is 54.6 Å². The van der Waals surface area contributed by atoms with Crippen LogP contribution in [-0.4, -0.2) is 53.1 Å². The largest absolute Gasteiger partial charge is 0.494 e. The number of para-hydroxylation sites is 1. The van der Waals surface area contributed by atoms with Crippen molar-refractivity contribution in [3.05, 3.63) is 65.9 Å². The van der Waals surface area contributed by atoms with Crippen LogP contribution in [-0.2, 0) is 13.6 Å². The quantitative estimate of drug-likeness (QED) is 0.639. The molecule has 1 amide bonds. The first kappa shape index (κ1) is 19.5. The van der Waals surface area contributed by atoms with Gasteiger partial charge in [0, 0.05) is 50.7 Å². The van der Waals surface area contributed by atoms with Crippen molar-refractivity contribution in [2.24, 2.45) is 7.05 Å². The third-order valence-corrected chi connectivity index (χ3v) is 5.63. The average Bonchev–Trinajstić information content (AvgIpc) is 3.10. The first-order valence-electron chi connectivity index (χ1n) is 10.4. The predicted molar refractivity (Wildman–Crippen MR) is 116 cm³/mol. The number of benzene rings is 2. The van der Waals surface area contributed by atoms with E-state index in [1.807, 2.05) is 46.8 Å². The zero-order chi connectivity index (χ0) is 20.2. The summed E-state index contributed by atoms with van der Waals surface area (Å²) < 4.78 is 7.66. The second kappa shape index (κ2) is 8.70. The van der Waals surface area contributed by atoms with Crippen LogP contribution in [0.4, 0.5) is 0 Å². The molecule has 0 atom stereocenters. The van der Waals surface area contributed by atoms with Gasteiger partial charge in [0.05, 0.1) is 6.61 Å². The van der Waals surface area contributed by atoms with Gasteiger partial charge in [0.15, 0.2) is 0 Å². The number of fused-ring (bicyclic) bond motifs is 1. The summed E-state index contributed by atoms with van der Waals surface area (Å²) in [6.07, 6.45) is 1.02. The van der Waals surface area contributed by atoms with Gasteiger partial charge in [0.25, 0.3) is 5.91 Å². The summed E-state index contributed by atoms with van der Waals surface area (Å²) in [5.74, 6) is 1.06. The van der Waals surface area contributed by atoms with Crippen molar-refractivity contribution in [1.82, 2.24) is 14.4 Å². The van der Waals surface area contributed by atoms with Crippen LogP contribution in [0.3, 0.4) is 0 Å². The lowest BCUT2D eigenvalue weighted by Crippen LogP contribution is -2.48. The van der Waals surface area contributed by atoms with Crippen LogP contribution < -0.4 is 4.74 Å². The molecule has 0 bridgehead atoms. The summed E-state index contributed by atoms with van der Waals surface area (Å²) in [4.78, 5) is 17.4. The Morgan fingerprint density at radius 3 is 2.41 bits per heavy atom. The molecule has 3 aromatic rings. The fourth-order valence-corrected chi connectivity index (χ4v) is 3.93. The van der Waals surface area contributed by atoms with Gasteiger partial charge in [-0.25, -0.2) is 0 Å². The Bertz CT molecular complexity index is 969. The Labute approximate surface area is 172 Å². The van der Waals surface area contributed by atoms with Crippen LogP contribution in [0.25, 0.3) is 10.9 Å². The molecule has 0 spiro atoms. The third-order valence-electron chi connectivity index (χ3n) is 5.63. The Hall–Kier alpha value is -2.79. The zero-order valence-corrected chi connectivity index (χ0v) is 17.3.